The van der Waals surface area contributed by atoms with Crippen LogP contribution in [-0.2, 0) is 4.79 Å². The van der Waals surface area contributed by atoms with Crippen LogP contribution in [0.1, 0.15) is 13.8 Å². The van der Waals surface area contributed by atoms with E-state index in [0.717, 1.165) is 19.6 Å². The zero-order chi connectivity index (χ0) is 10.6. The molecule has 0 aromatic carbocycles. The lowest BCUT2D eigenvalue weighted by atomic mass is 10.0. The van der Waals surface area contributed by atoms with Gasteiger partial charge in [0, 0.05) is 32.2 Å². The van der Waals surface area contributed by atoms with Crippen molar-refractivity contribution < 1.29 is 9.90 Å². The van der Waals surface area contributed by atoms with Crippen LogP contribution in [0.3, 0.4) is 0 Å². The molecule has 1 saturated heterocycles. The summed E-state index contributed by atoms with van der Waals surface area (Å²) in [6, 6.07) is 0. The quantitative estimate of drug-likeness (QED) is 0.639. The Kier molecular flexibility index (Phi) is 4.35. The van der Waals surface area contributed by atoms with E-state index in [4.69, 9.17) is 5.11 Å². The van der Waals surface area contributed by atoms with Crippen LogP contribution >= 0.6 is 0 Å². The van der Waals surface area contributed by atoms with Crippen molar-refractivity contribution in [2.24, 2.45) is 11.8 Å². The molecule has 0 spiro atoms. The molecule has 82 valence electrons. The number of carbonyl (C=O) groups is 1. The van der Waals surface area contributed by atoms with Gasteiger partial charge in [0.2, 0.25) is 5.91 Å². The van der Waals surface area contributed by atoms with Crippen molar-refractivity contribution >= 4 is 5.91 Å². The number of carbonyl (C=O) groups excluding carboxylic acids is 1. The second-order valence-electron chi connectivity index (χ2n) is 4.44. The fourth-order valence-corrected chi connectivity index (χ4v) is 1.50. The second-order valence-corrected chi connectivity index (χ2v) is 4.44. The summed E-state index contributed by atoms with van der Waals surface area (Å²) in [7, 11) is 0. The van der Waals surface area contributed by atoms with Crippen LogP contribution in [0, 0.1) is 11.8 Å². The highest BCUT2D eigenvalue weighted by molar-refractivity contribution is 5.78. The van der Waals surface area contributed by atoms with Crippen LogP contribution in [-0.4, -0.2) is 48.7 Å². The highest BCUT2D eigenvalue weighted by Crippen LogP contribution is 2.13. The third-order valence-corrected chi connectivity index (χ3v) is 2.37. The van der Waals surface area contributed by atoms with Gasteiger partial charge in [0.1, 0.15) is 0 Å². The van der Waals surface area contributed by atoms with Gasteiger partial charge in [-0.15, -0.1) is 0 Å². The van der Waals surface area contributed by atoms with E-state index in [1.807, 2.05) is 0 Å². The Morgan fingerprint density at radius 2 is 2.21 bits per heavy atom. The van der Waals surface area contributed by atoms with Crippen LogP contribution in [0.5, 0.6) is 0 Å². The SMILES string of the molecule is CC(C)CNC(=O)CN1CC(CO)C1. The average molecular weight is 200 g/mol. The first-order valence-corrected chi connectivity index (χ1v) is 5.21. The summed E-state index contributed by atoms with van der Waals surface area (Å²) in [4.78, 5) is 13.4. The highest BCUT2D eigenvalue weighted by Gasteiger charge is 2.26. The van der Waals surface area contributed by atoms with Crippen molar-refractivity contribution in [3.05, 3.63) is 0 Å². The Balaban J connectivity index is 2.04. The maximum absolute atomic E-state index is 11.3. The number of amides is 1. The molecular formula is C10H20N2O2. The molecule has 2 N–H and O–H groups in total. The molecular weight excluding hydrogens is 180 g/mol. The number of nitrogens with zero attached hydrogens (tertiary/aromatic N) is 1. The third-order valence-electron chi connectivity index (χ3n) is 2.37. The standard InChI is InChI=1S/C10H20N2O2/c1-8(2)3-11-10(14)6-12-4-9(5-12)7-13/h8-9,13H,3-7H2,1-2H3,(H,11,14). The van der Waals surface area contributed by atoms with Crippen molar-refractivity contribution in [3.8, 4) is 0 Å². The maximum atomic E-state index is 11.3. The minimum absolute atomic E-state index is 0.0927. The zero-order valence-electron chi connectivity index (χ0n) is 8.99. The lowest BCUT2D eigenvalue weighted by molar-refractivity contribution is -0.124. The molecule has 1 heterocycles. The van der Waals surface area contributed by atoms with E-state index >= 15 is 0 Å². The van der Waals surface area contributed by atoms with Crippen LogP contribution < -0.4 is 5.32 Å². The molecule has 0 saturated carbocycles. The number of hydrogen-bond donors (Lipinski definition) is 2. The molecule has 0 unspecified atom stereocenters. The van der Waals surface area contributed by atoms with Gasteiger partial charge in [-0.05, 0) is 5.92 Å². The first kappa shape index (κ1) is 11.5. The van der Waals surface area contributed by atoms with E-state index in [1.165, 1.54) is 0 Å². The van der Waals surface area contributed by atoms with Gasteiger partial charge < -0.3 is 10.4 Å². The Labute approximate surface area is 85.3 Å². The van der Waals surface area contributed by atoms with E-state index in [2.05, 4.69) is 24.1 Å². The van der Waals surface area contributed by atoms with E-state index in [-0.39, 0.29) is 12.5 Å². The maximum Gasteiger partial charge on any atom is 0.234 e. The van der Waals surface area contributed by atoms with Gasteiger partial charge >= 0.3 is 0 Å². The number of rotatable bonds is 5. The van der Waals surface area contributed by atoms with Crippen molar-refractivity contribution in [2.45, 2.75) is 13.8 Å². The van der Waals surface area contributed by atoms with Crippen molar-refractivity contribution in [1.82, 2.24) is 10.2 Å². The molecule has 0 atom stereocenters. The van der Waals surface area contributed by atoms with Gasteiger partial charge in [0.05, 0.1) is 6.54 Å². The fourth-order valence-electron chi connectivity index (χ4n) is 1.50. The predicted octanol–water partition coefficient (Wildman–Crippen LogP) is -0.317. The molecule has 1 aliphatic rings. The molecule has 4 heteroatoms. The Morgan fingerprint density at radius 1 is 1.57 bits per heavy atom. The third kappa shape index (κ3) is 3.64. The molecule has 0 bridgehead atoms. The molecule has 4 nitrogen and oxygen atoms in total. The van der Waals surface area contributed by atoms with Gasteiger partial charge in [-0.25, -0.2) is 0 Å². The van der Waals surface area contributed by atoms with Crippen molar-refractivity contribution in [1.29, 1.82) is 0 Å². The number of hydrogen-bond acceptors (Lipinski definition) is 3. The van der Waals surface area contributed by atoms with Crippen molar-refractivity contribution in [2.75, 3.05) is 32.8 Å². The summed E-state index contributed by atoms with van der Waals surface area (Å²) in [5.74, 6) is 0.975. The minimum atomic E-state index is 0.0927. The van der Waals surface area contributed by atoms with Crippen LogP contribution in [0.2, 0.25) is 0 Å². The molecule has 14 heavy (non-hydrogen) atoms. The highest BCUT2D eigenvalue weighted by atomic mass is 16.3. The van der Waals surface area contributed by atoms with Gasteiger partial charge in [0.25, 0.3) is 0 Å². The first-order chi connectivity index (χ1) is 6.61. The van der Waals surface area contributed by atoms with Crippen LogP contribution in [0.15, 0.2) is 0 Å². The summed E-state index contributed by atoms with van der Waals surface area (Å²) in [6.45, 7) is 7.32. The second kappa shape index (κ2) is 5.32. The number of aliphatic hydroxyl groups is 1. The summed E-state index contributed by atoms with van der Waals surface area (Å²) in [5.41, 5.74) is 0. The minimum Gasteiger partial charge on any atom is -0.396 e. The first-order valence-electron chi connectivity index (χ1n) is 5.21. The Bertz CT molecular complexity index is 189. The summed E-state index contributed by atoms with van der Waals surface area (Å²) >= 11 is 0. The van der Waals surface area contributed by atoms with Gasteiger partial charge in [-0.3, -0.25) is 9.69 Å². The average Bonchev–Trinajstić information content (AvgIpc) is 2.07. The smallest absolute Gasteiger partial charge is 0.234 e. The molecule has 0 aromatic rings. The summed E-state index contributed by atoms with van der Waals surface area (Å²) < 4.78 is 0. The molecule has 1 rings (SSSR count). The fraction of sp³-hybridized carbons (Fsp3) is 0.900. The Hall–Kier alpha value is -0.610. The topological polar surface area (TPSA) is 52.6 Å². The lowest BCUT2D eigenvalue weighted by Crippen LogP contribution is -2.52. The number of aliphatic hydroxyl groups excluding tert-OH is 1. The molecule has 1 fully saturated rings. The summed E-state index contributed by atoms with van der Waals surface area (Å²) in [5, 5.41) is 11.7. The Morgan fingerprint density at radius 3 is 2.71 bits per heavy atom. The van der Waals surface area contributed by atoms with Gasteiger partial charge in [-0.1, -0.05) is 13.8 Å². The molecule has 0 radical (unpaired) electrons. The van der Waals surface area contributed by atoms with Gasteiger partial charge in [-0.2, -0.15) is 0 Å². The molecule has 1 amide bonds. The van der Waals surface area contributed by atoms with Crippen LogP contribution in [0.4, 0.5) is 0 Å². The summed E-state index contributed by atoms with van der Waals surface area (Å²) in [6.07, 6.45) is 0. The molecule has 1 aliphatic heterocycles. The number of nitrogens with one attached hydrogen (secondary N) is 1. The zero-order valence-corrected chi connectivity index (χ0v) is 8.99. The largest absolute Gasteiger partial charge is 0.396 e. The van der Waals surface area contributed by atoms with E-state index < -0.39 is 0 Å². The number of likely N-dealkylation sites (tertiary alicyclic amines) is 1. The van der Waals surface area contributed by atoms with E-state index in [1.54, 1.807) is 0 Å². The predicted molar refractivity (Wildman–Crippen MR) is 54.9 cm³/mol. The van der Waals surface area contributed by atoms with E-state index in [0.29, 0.717) is 18.4 Å². The monoisotopic (exact) mass is 200 g/mol. The van der Waals surface area contributed by atoms with E-state index in [9.17, 15) is 4.79 Å². The molecule has 0 aromatic heterocycles. The molecule has 0 aliphatic carbocycles. The normalized spacial score (nSPS) is 18.3. The van der Waals surface area contributed by atoms with Gasteiger partial charge in [0.15, 0.2) is 0 Å². The van der Waals surface area contributed by atoms with Crippen molar-refractivity contribution in [3.63, 3.8) is 0 Å². The van der Waals surface area contributed by atoms with Crippen LogP contribution in [0.25, 0.3) is 0 Å². The lowest BCUT2D eigenvalue weighted by Gasteiger charge is -2.37.